The second kappa shape index (κ2) is 6.15. The summed E-state index contributed by atoms with van der Waals surface area (Å²) in [5.41, 5.74) is -0.801. The smallest absolute Gasteiger partial charge is 0.311 e. The molecule has 20 heavy (non-hydrogen) atoms. The molecule has 4 heteroatoms. The number of hydrogen-bond acceptors (Lipinski definition) is 2. The summed E-state index contributed by atoms with van der Waals surface area (Å²) in [6.07, 6.45) is 6.82. The molecule has 0 aliphatic heterocycles. The van der Waals surface area contributed by atoms with Gasteiger partial charge in [0.2, 0.25) is 5.91 Å². The Bertz CT molecular complexity index is 376. The van der Waals surface area contributed by atoms with E-state index in [9.17, 15) is 14.7 Å². The summed E-state index contributed by atoms with van der Waals surface area (Å²) in [5.74, 6) is 1.36. The summed E-state index contributed by atoms with van der Waals surface area (Å²) in [4.78, 5) is 23.5. The third kappa shape index (κ3) is 2.99. The van der Waals surface area contributed by atoms with E-state index in [1.807, 2.05) is 13.8 Å². The second-order valence-electron chi connectivity index (χ2n) is 6.71. The van der Waals surface area contributed by atoms with Crippen LogP contribution >= 0.6 is 0 Å². The van der Waals surface area contributed by atoms with E-state index in [-0.39, 0.29) is 12.5 Å². The third-order valence-corrected chi connectivity index (χ3v) is 5.76. The van der Waals surface area contributed by atoms with Crippen LogP contribution in [0.2, 0.25) is 0 Å². The Morgan fingerprint density at radius 2 is 1.90 bits per heavy atom. The van der Waals surface area contributed by atoms with Crippen molar-refractivity contribution in [1.29, 1.82) is 0 Å². The van der Waals surface area contributed by atoms with E-state index in [0.29, 0.717) is 25.2 Å². The summed E-state index contributed by atoms with van der Waals surface area (Å²) < 4.78 is 0. The first-order valence-corrected chi connectivity index (χ1v) is 8.00. The molecule has 0 aromatic carbocycles. The van der Waals surface area contributed by atoms with Crippen LogP contribution in [-0.4, -0.2) is 23.5 Å². The van der Waals surface area contributed by atoms with Gasteiger partial charge in [0, 0.05) is 13.0 Å². The number of rotatable bonds is 7. The maximum atomic E-state index is 12.1. The Labute approximate surface area is 121 Å². The molecule has 0 radical (unpaired) electrons. The molecule has 2 fully saturated rings. The van der Waals surface area contributed by atoms with Crippen molar-refractivity contribution in [1.82, 2.24) is 5.32 Å². The van der Waals surface area contributed by atoms with Gasteiger partial charge in [-0.2, -0.15) is 0 Å². The van der Waals surface area contributed by atoms with Crippen LogP contribution in [0.3, 0.4) is 0 Å². The fourth-order valence-corrected chi connectivity index (χ4v) is 4.08. The second-order valence-corrected chi connectivity index (χ2v) is 6.71. The maximum Gasteiger partial charge on any atom is 0.311 e. The molecule has 2 bridgehead atoms. The minimum absolute atomic E-state index is 0.0371. The molecular weight excluding hydrogens is 254 g/mol. The first-order chi connectivity index (χ1) is 9.50. The van der Waals surface area contributed by atoms with Crippen molar-refractivity contribution in [3.63, 3.8) is 0 Å². The van der Waals surface area contributed by atoms with Gasteiger partial charge in [-0.25, -0.2) is 0 Å². The molecule has 2 N–H and O–H groups in total. The van der Waals surface area contributed by atoms with Gasteiger partial charge >= 0.3 is 5.97 Å². The van der Waals surface area contributed by atoms with Gasteiger partial charge < -0.3 is 10.4 Å². The highest BCUT2D eigenvalue weighted by atomic mass is 16.4. The SMILES string of the molecule is CCC(CC)(CNC(=O)CC1CC2CCC1C2)C(=O)O. The number of aliphatic carboxylic acids is 1. The van der Waals surface area contributed by atoms with Crippen LogP contribution in [0.1, 0.15) is 58.8 Å². The summed E-state index contributed by atoms with van der Waals surface area (Å²) in [6, 6.07) is 0. The van der Waals surface area contributed by atoms with Crippen molar-refractivity contribution in [2.24, 2.45) is 23.2 Å². The van der Waals surface area contributed by atoms with Crippen LogP contribution in [0.15, 0.2) is 0 Å². The highest BCUT2D eigenvalue weighted by Crippen LogP contribution is 2.49. The standard InChI is InChI=1S/C16H27NO3/c1-3-16(4-2,15(19)20)10-17-14(18)9-13-8-11-5-6-12(13)7-11/h11-13H,3-10H2,1-2H3,(H,17,18)(H,19,20). The third-order valence-electron chi connectivity index (χ3n) is 5.76. The Balaban J connectivity index is 1.81. The molecule has 114 valence electrons. The number of hydrogen-bond donors (Lipinski definition) is 2. The van der Waals surface area contributed by atoms with Gasteiger partial charge in [0.1, 0.15) is 0 Å². The van der Waals surface area contributed by atoms with E-state index in [2.05, 4.69) is 5.32 Å². The Hall–Kier alpha value is -1.06. The molecule has 4 nitrogen and oxygen atoms in total. The largest absolute Gasteiger partial charge is 0.481 e. The fraction of sp³-hybridized carbons (Fsp3) is 0.875. The summed E-state index contributed by atoms with van der Waals surface area (Å²) in [7, 11) is 0. The number of nitrogens with one attached hydrogen (secondary N) is 1. The molecule has 2 aliphatic rings. The van der Waals surface area contributed by atoms with Crippen molar-refractivity contribution < 1.29 is 14.7 Å². The number of carboxylic acids is 1. The normalized spacial score (nSPS) is 28.6. The van der Waals surface area contributed by atoms with Crippen molar-refractivity contribution in [3.05, 3.63) is 0 Å². The number of carbonyl (C=O) groups is 2. The van der Waals surface area contributed by atoms with E-state index in [4.69, 9.17) is 0 Å². The van der Waals surface area contributed by atoms with E-state index >= 15 is 0 Å². The first kappa shape index (κ1) is 15.3. The van der Waals surface area contributed by atoms with E-state index < -0.39 is 11.4 Å². The first-order valence-electron chi connectivity index (χ1n) is 8.00. The highest BCUT2D eigenvalue weighted by molar-refractivity contribution is 5.79. The molecule has 0 heterocycles. The molecule has 0 saturated heterocycles. The van der Waals surface area contributed by atoms with Crippen LogP contribution in [-0.2, 0) is 9.59 Å². The van der Waals surface area contributed by atoms with Crippen LogP contribution in [0.25, 0.3) is 0 Å². The predicted molar refractivity (Wildman–Crippen MR) is 77.2 cm³/mol. The Morgan fingerprint density at radius 3 is 2.35 bits per heavy atom. The zero-order chi connectivity index (χ0) is 14.8. The zero-order valence-electron chi connectivity index (χ0n) is 12.7. The van der Waals surface area contributed by atoms with E-state index in [1.54, 1.807) is 0 Å². The summed E-state index contributed by atoms with van der Waals surface area (Å²) >= 11 is 0. The molecule has 3 unspecified atom stereocenters. The van der Waals surface area contributed by atoms with Crippen molar-refractivity contribution in [3.8, 4) is 0 Å². The minimum Gasteiger partial charge on any atom is -0.481 e. The molecule has 0 aromatic rings. The quantitative estimate of drug-likeness (QED) is 0.754. The lowest BCUT2D eigenvalue weighted by Gasteiger charge is -2.27. The fourth-order valence-electron chi connectivity index (χ4n) is 4.08. The maximum absolute atomic E-state index is 12.1. The lowest BCUT2D eigenvalue weighted by Crippen LogP contribution is -2.42. The Morgan fingerprint density at radius 1 is 1.20 bits per heavy atom. The number of fused-ring (bicyclic) bond motifs is 2. The van der Waals surface area contributed by atoms with Gasteiger partial charge in [0.15, 0.2) is 0 Å². The van der Waals surface area contributed by atoms with Gasteiger partial charge in [-0.05, 0) is 49.9 Å². The lowest BCUT2D eigenvalue weighted by molar-refractivity contribution is -0.149. The summed E-state index contributed by atoms with van der Waals surface area (Å²) in [5, 5.41) is 12.2. The van der Waals surface area contributed by atoms with Crippen LogP contribution in [0.5, 0.6) is 0 Å². The molecule has 2 aliphatic carbocycles. The van der Waals surface area contributed by atoms with Crippen LogP contribution < -0.4 is 5.32 Å². The van der Waals surface area contributed by atoms with Gasteiger partial charge in [-0.3, -0.25) is 9.59 Å². The van der Waals surface area contributed by atoms with Gasteiger partial charge in [-0.1, -0.05) is 20.3 Å². The van der Waals surface area contributed by atoms with Crippen molar-refractivity contribution in [2.75, 3.05) is 6.54 Å². The van der Waals surface area contributed by atoms with Crippen LogP contribution in [0.4, 0.5) is 0 Å². The van der Waals surface area contributed by atoms with Crippen molar-refractivity contribution in [2.45, 2.75) is 58.8 Å². The number of carboxylic acid groups (broad SMARTS) is 1. The van der Waals surface area contributed by atoms with E-state index in [0.717, 1.165) is 11.8 Å². The monoisotopic (exact) mass is 281 g/mol. The number of carbonyl (C=O) groups excluding carboxylic acids is 1. The topological polar surface area (TPSA) is 66.4 Å². The van der Waals surface area contributed by atoms with Gasteiger partial charge in [0.05, 0.1) is 5.41 Å². The number of amides is 1. The predicted octanol–water partition coefficient (Wildman–Crippen LogP) is 2.82. The molecule has 1 amide bonds. The highest BCUT2D eigenvalue weighted by Gasteiger charge is 2.40. The molecule has 0 spiro atoms. The lowest BCUT2D eigenvalue weighted by atomic mass is 9.82. The summed E-state index contributed by atoms with van der Waals surface area (Å²) in [6.45, 7) is 4.01. The molecule has 0 aromatic heterocycles. The Kier molecular flexibility index (Phi) is 4.71. The molecule has 2 rings (SSSR count). The van der Waals surface area contributed by atoms with Crippen molar-refractivity contribution >= 4 is 11.9 Å². The molecule has 2 saturated carbocycles. The average Bonchev–Trinajstić information content (AvgIpc) is 3.02. The molecular formula is C16H27NO3. The molecule has 3 atom stereocenters. The van der Waals surface area contributed by atoms with E-state index in [1.165, 1.54) is 25.7 Å². The van der Waals surface area contributed by atoms with Crippen LogP contribution in [0, 0.1) is 23.2 Å². The zero-order valence-corrected chi connectivity index (χ0v) is 12.7. The van der Waals surface area contributed by atoms with Gasteiger partial charge in [0.25, 0.3) is 0 Å². The minimum atomic E-state index is -0.803. The van der Waals surface area contributed by atoms with Gasteiger partial charge in [-0.15, -0.1) is 0 Å². The average molecular weight is 281 g/mol.